The lowest BCUT2D eigenvalue weighted by atomic mass is 10.0. The molecular formula is C14H19I. The lowest BCUT2D eigenvalue weighted by Crippen LogP contribution is -1.84. The summed E-state index contributed by atoms with van der Waals surface area (Å²) in [5, 5.41) is 0. The molecule has 0 saturated heterocycles. The molecule has 0 spiro atoms. The van der Waals surface area contributed by atoms with Crippen LogP contribution in [0.5, 0.6) is 0 Å². The van der Waals surface area contributed by atoms with Crippen LogP contribution in [0.2, 0.25) is 0 Å². The molecule has 0 radical (unpaired) electrons. The highest BCUT2D eigenvalue weighted by molar-refractivity contribution is 14.1. The van der Waals surface area contributed by atoms with Gasteiger partial charge in [-0.25, -0.2) is 0 Å². The van der Waals surface area contributed by atoms with Gasteiger partial charge in [-0.2, -0.15) is 0 Å². The van der Waals surface area contributed by atoms with E-state index in [1.54, 1.807) is 0 Å². The number of alkyl halides is 1. The first kappa shape index (κ1) is 12.8. The van der Waals surface area contributed by atoms with E-state index in [0.717, 1.165) is 6.42 Å². The Labute approximate surface area is 107 Å². The van der Waals surface area contributed by atoms with Crippen molar-refractivity contribution in [3.63, 3.8) is 0 Å². The monoisotopic (exact) mass is 314 g/mol. The third kappa shape index (κ3) is 5.36. The smallest absolute Gasteiger partial charge is 0.000473 e. The highest BCUT2D eigenvalue weighted by Crippen LogP contribution is 2.19. The van der Waals surface area contributed by atoms with E-state index in [4.69, 9.17) is 0 Å². The Hall–Kier alpha value is -0.310. The highest BCUT2D eigenvalue weighted by atomic mass is 127. The van der Waals surface area contributed by atoms with Crippen molar-refractivity contribution < 1.29 is 0 Å². The van der Waals surface area contributed by atoms with Crippen LogP contribution in [0.1, 0.15) is 37.7 Å². The standard InChI is InChI=1S/C14H19I/c1-13(9-5-2-3-8-12-15)14-10-6-4-7-11-14/h4,6-7,10-11H,1-3,5,8-9,12H2. The third-order valence-electron chi connectivity index (χ3n) is 2.54. The van der Waals surface area contributed by atoms with E-state index in [2.05, 4.69) is 59.5 Å². The molecule has 0 aromatic heterocycles. The zero-order chi connectivity index (χ0) is 10.9. The molecule has 1 heteroatoms. The Kier molecular flexibility index (Phi) is 6.73. The minimum absolute atomic E-state index is 1.14. The number of hydrogen-bond donors (Lipinski definition) is 0. The van der Waals surface area contributed by atoms with Crippen LogP contribution in [0.3, 0.4) is 0 Å². The normalized spacial score (nSPS) is 10.2. The maximum absolute atomic E-state index is 4.14. The first-order chi connectivity index (χ1) is 7.34. The highest BCUT2D eigenvalue weighted by Gasteiger charge is 1.97. The van der Waals surface area contributed by atoms with Crippen molar-refractivity contribution >= 4 is 28.2 Å². The molecule has 0 fully saturated rings. The Morgan fingerprint density at radius 1 is 1.00 bits per heavy atom. The Bertz CT molecular complexity index is 277. The molecule has 82 valence electrons. The van der Waals surface area contributed by atoms with Crippen molar-refractivity contribution in [3.8, 4) is 0 Å². The van der Waals surface area contributed by atoms with E-state index < -0.39 is 0 Å². The first-order valence-electron chi connectivity index (χ1n) is 5.64. The molecule has 0 bridgehead atoms. The summed E-state index contributed by atoms with van der Waals surface area (Å²) in [6.07, 6.45) is 6.49. The van der Waals surface area contributed by atoms with Gasteiger partial charge in [0.05, 0.1) is 0 Å². The van der Waals surface area contributed by atoms with Crippen molar-refractivity contribution in [2.45, 2.75) is 32.1 Å². The molecule has 0 amide bonds. The fourth-order valence-electron chi connectivity index (χ4n) is 1.60. The Morgan fingerprint density at radius 2 is 1.67 bits per heavy atom. The van der Waals surface area contributed by atoms with Gasteiger partial charge in [0.15, 0.2) is 0 Å². The van der Waals surface area contributed by atoms with Crippen LogP contribution in [-0.2, 0) is 0 Å². The molecule has 0 aliphatic carbocycles. The zero-order valence-electron chi connectivity index (χ0n) is 9.21. The van der Waals surface area contributed by atoms with E-state index >= 15 is 0 Å². The van der Waals surface area contributed by atoms with Crippen LogP contribution in [0.15, 0.2) is 36.9 Å². The topological polar surface area (TPSA) is 0 Å². The van der Waals surface area contributed by atoms with Gasteiger partial charge >= 0.3 is 0 Å². The summed E-state index contributed by atoms with van der Waals surface area (Å²) < 4.78 is 1.29. The lowest BCUT2D eigenvalue weighted by molar-refractivity contribution is 0.686. The van der Waals surface area contributed by atoms with Crippen LogP contribution in [0.25, 0.3) is 5.57 Å². The Balaban J connectivity index is 2.20. The molecular weight excluding hydrogens is 295 g/mol. The molecule has 0 aliphatic rings. The van der Waals surface area contributed by atoms with Gasteiger partial charge in [0.1, 0.15) is 0 Å². The molecule has 0 atom stereocenters. The van der Waals surface area contributed by atoms with Gasteiger partial charge in [0.25, 0.3) is 0 Å². The number of benzene rings is 1. The van der Waals surface area contributed by atoms with Gasteiger partial charge < -0.3 is 0 Å². The summed E-state index contributed by atoms with van der Waals surface area (Å²) in [7, 11) is 0. The SMILES string of the molecule is C=C(CCCCCCI)c1ccccc1. The van der Waals surface area contributed by atoms with Gasteiger partial charge in [-0.1, -0.05) is 72.3 Å². The van der Waals surface area contributed by atoms with Crippen LogP contribution >= 0.6 is 22.6 Å². The second-order valence-electron chi connectivity index (χ2n) is 3.82. The summed E-state index contributed by atoms with van der Waals surface area (Å²) in [6.45, 7) is 4.14. The van der Waals surface area contributed by atoms with E-state index in [9.17, 15) is 0 Å². The van der Waals surface area contributed by atoms with E-state index in [-0.39, 0.29) is 0 Å². The molecule has 1 aromatic carbocycles. The zero-order valence-corrected chi connectivity index (χ0v) is 11.4. The maximum atomic E-state index is 4.14. The largest absolute Gasteiger partial charge is 0.0952 e. The van der Waals surface area contributed by atoms with Gasteiger partial charge in [0.2, 0.25) is 0 Å². The van der Waals surface area contributed by atoms with Crippen molar-refractivity contribution in [2.24, 2.45) is 0 Å². The molecule has 15 heavy (non-hydrogen) atoms. The minimum Gasteiger partial charge on any atom is -0.0952 e. The second kappa shape index (κ2) is 7.91. The molecule has 0 unspecified atom stereocenters. The first-order valence-corrected chi connectivity index (χ1v) is 7.16. The molecule has 0 heterocycles. The predicted octanol–water partition coefficient (Wildman–Crippen LogP) is 5.09. The molecule has 1 aromatic rings. The number of halogens is 1. The molecule has 0 nitrogen and oxygen atoms in total. The average molecular weight is 314 g/mol. The summed E-state index contributed by atoms with van der Waals surface area (Å²) in [5.41, 5.74) is 2.58. The van der Waals surface area contributed by atoms with Gasteiger partial charge in [-0.05, 0) is 34.8 Å². The van der Waals surface area contributed by atoms with Gasteiger partial charge in [-0.3, -0.25) is 0 Å². The molecule has 0 saturated carbocycles. The summed E-state index contributed by atoms with van der Waals surface area (Å²) >= 11 is 2.44. The van der Waals surface area contributed by atoms with Crippen molar-refractivity contribution in [3.05, 3.63) is 42.5 Å². The quantitative estimate of drug-likeness (QED) is 0.374. The number of unbranched alkanes of at least 4 members (excludes halogenated alkanes) is 3. The molecule has 0 N–H and O–H groups in total. The van der Waals surface area contributed by atoms with E-state index in [0.29, 0.717) is 0 Å². The summed E-state index contributed by atoms with van der Waals surface area (Å²) in [5.74, 6) is 0. The predicted molar refractivity (Wildman–Crippen MR) is 77.4 cm³/mol. The van der Waals surface area contributed by atoms with Crippen molar-refractivity contribution in [2.75, 3.05) is 4.43 Å². The average Bonchev–Trinajstić information content (AvgIpc) is 2.30. The van der Waals surface area contributed by atoms with Crippen molar-refractivity contribution in [1.82, 2.24) is 0 Å². The Morgan fingerprint density at radius 3 is 2.33 bits per heavy atom. The van der Waals surface area contributed by atoms with Crippen LogP contribution < -0.4 is 0 Å². The number of hydrogen-bond acceptors (Lipinski definition) is 0. The van der Waals surface area contributed by atoms with E-state index in [1.807, 2.05) is 0 Å². The van der Waals surface area contributed by atoms with Gasteiger partial charge in [-0.15, -0.1) is 0 Å². The maximum Gasteiger partial charge on any atom is -0.000473 e. The summed E-state index contributed by atoms with van der Waals surface area (Å²) in [6, 6.07) is 10.5. The van der Waals surface area contributed by atoms with Crippen LogP contribution in [0.4, 0.5) is 0 Å². The molecule has 0 aliphatic heterocycles. The minimum atomic E-state index is 1.14. The lowest BCUT2D eigenvalue weighted by Gasteiger charge is -2.05. The number of allylic oxidation sites excluding steroid dienone is 1. The fraction of sp³-hybridized carbons (Fsp3) is 0.429. The van der Waals surface area contributed by atoms with Crippen LogP contribution in [0, 0.1) is 0 Å². The second-order valence-corrected chi connectivity index (χ2v) is 4.90. The fourth-order valence-corrected chi connectivity index (χ4v) is 2.14. The van der Waals surface area contributed by atoms with E-state index in [1.165, 1.54) is 41.2 Å². The van der Waals surface area contributed by atoms with Crippen LogP contribution in [-0.4, -0.2) is 4.43 Å². The number of rotatable bonds is 7. The molecule has 1 rings (SSSR count). The summed E-state index contributed by atoms with van der Waals surface area (Å²) in [4.78, 5) is 0. The van der Waals surface area contributed by atoms with Gasteiger partial charge in [0, 0.05) is 0 Å². The van der Waals surface area contributed by atoms with Crippen molar-refractivity contribution in [1.29, 1.82) is 0 Å². The third-order valence-corrected chi connectivity index (χ3v) is 3.31.